The fraction of sp³-hybridized carbons (Fsp3) is 0. The average Bonchev–Trinajstić information content (AvgIpc) is 2.86. The number of nitrogens with zero attached hydrogens (tertiary/aromatic N) is 3. The van der Waals surface area contributed by atoms with E-state index in [2.05, 4.69) is 14.3 Å². The summed E-state index contributed by atoms with van der Waals surface area (Å²) in [6, 6.07) is 0.913. The molecular weight excluding hydrogens is 302 g/mol. The molecular formula is C6H5N5O4S3. The number of hydrogen-bond donors (Lipinski definition) is 2. The number of hydrogen-bond acceptors (Lipinski definition) is 9. The lowest BCUT2D eigenvalue weighted by Gasteiger charge is -2.00. The number of rotatable bonds is 4. The van der Waals surface area contributed by atoms with Gasteiger partial charge in [0.25, 0.3) is 10.0 Å². The van der Waals surface area contributed by atoms with E-state index in [1.165, 1.54) is 6.20 Å². The number of nitrogen functional groups attached to an aromatic ring is 1. The molecule has 0 bridgehead atoms. The van der Waals surface area contributed by atoms with Gasteiger partial charge in [-0.15, -0.1) is 5.10 Å². The summed E-state index contributed by atoms with van der Waals surface area (Å²) in [4.78, 5) is 9.84. The molecule has 0 radical (unpaired) electrons. The molecule has 2 aromatic rings. The van der Waals surface area contributed by atoms with Crippen molar-refractivity contribution in [2.45, 2.75) is 4.21 Å². The molecule has 0 atom stereocenters. The highest BCUT2D eigenvalue weighted by Crippen LogP contribution is 2.35. The van der Waals surface area contributed by atoms with Crippen LogP contribution < -0.4 is 10.5 Å². The molecule has 96 valence electrons. The zero-order chi connectivity index (χ0) is 13.3. The number of anilines is 2. The van der Waals surface area contributed by atoms with Gasteiger partial charge in [-0.05, 0) is 0 Å². The maximum absolute atomic E-state index is 11.9. The third-order valence-electron chi connectivity index (χ3n) is 1.78. The van der Waals surface area contributed by atoms with Crippen LogP contribution in [0.2, 0.25) is 0 Å². The van der Waals surface area contributed by atoms with Crippen LogP contribution in [0.5, 0.6) is 0 Å². The second kappa shape index (κ2) is 4.47. The molecule has 0 unspecified atom stereocenters. The monoisotopic (exact) mass is 307 g/mol. The van der Waals surface area contributed by atoms with Crippen LogP contribution in [-0.2, 0) is 10.0 Å². The van der Waals surface area contributed by atoms with Crippen molar-refractivity contribution in [2.24, 2.45) is 0 Å². The molecule has 2 aromatic heterocycles. The highest BCUT2D eigenvalue weighted by atomic mass is 32.2. The molecule has 2 rings (SSSR count). The largest absolute Gasteiger partial charge is 0.385 e. The smallest absolute Gasteiger partial charge is 0.304 e. The highest BCUT2D eigenvalue weighted by Gasteiger charge is 2.25. The molecule has 12 heteroatoms. The summed E-state index contributed by atoms with van der Waals surface area (Å²) < 4.78 is 29.2. The average molecular weight is 307 g/mol. The third kappa shape index (κ3) is 2.39. The molecule has 2 heterocycles. The Hall–Kier alpha value is -1.79. The second-order valence-corrected chi connectivity index (χ2v) is 6.74. The van der Waals surface area contributed by atoms with Gasteiger partial charge in [-0.3, -0.25) is 14.8 Å². The molecule has 0 aliphatic heterocycles. The Bertz CT molecular complexity index is 676. The molecule has 9 nitrogen and oxygen atoms in total. The summed E-state index contributed by atoms with van der Waals surface area (Å²) in [7, 11) is -3.90. The lowest BCUT2D eigenvalue weighted by molar-refractivity contribution is -0.383. The number of thiophene rings is 1. The summed E-state index contributed by atoms with van der Waals surface area (Å²) in [5, 5.41) is 14.1. The van der Waals surface area contributed by atoms with E-state index < -0.39 is 20.6 Å². The van der Waals surface area contributed by atoms with Crippen molar-refractivity contribution < 1.29 is 13.3 Å². The quantitative estimate of drug-likeness (QED) is 0.631. The van der Waals surface area contributed by atoms with Crippen molar-refractivity contribution in [2.75, 3.05) is 10.5 Å². The van der Waals surface area contributed by atoms with Gasteiger partial charge in [-0.1, -0.05) is 15.8 Å². The van der Waals surface area contributed by atoms with Gasteiger partial charge < -0.3 is 5.73 Å². The van der Waals surface area contributed by atoms with Crippen LogP contribution in [0.25, 0.3) is 0 Å². The van der Waals surface area contributed by atoms with Gasteiger partial charge in [0, 0.05) is 17.6 Å². The molecule has 0 fully saturated rings. The Labute approximate surface area is 109 Å². The summed E-state index contributed by atoms with van der Waals surface area (Å²) in [6.45, 7) is 0. The predicted octanol–water partition coefficient (Wildman–Crippen LogP) is 0.891. The van der Waals surface area contributed by atoms with Gasteiger partial charge in [-0.25, -0.2) is 8.42 Å². The minimum Gasteiger partial charge on any atom is -0.385 e. The van der Waals surface area contributed by atoms with Crippen molar-refractivity contribution in [1.82, 2.24) is 9.59 Å². The van der Waals surface area contributed by atoms with Crippen LogP contribution in [0, 0.1) is 10.1 Å². The first-order valence-electron chi connectivity index (χ1n) is 4.24. The van der Waals surface area contributed by atoms with E-state index in [1.54, 1.807) is 0 Å². The van der Waals surface area contributed by atoms with Crippen molar-refractivity contribution in [1.29, 1.82) is 0 Å². The molecule has 18 heavy (non-hydrogen) atoms. The van der Waals surface area contributed by atoms with Gasteiger partial charge in [-0.2, -0.15) is 0 Å². The fourth-order valence-electron chi connectivity index (χ4n) is 1.04. The molecule has 0 amide bonds. The van der Waals surface area contributed by atoms with E-state index in [0.717, 1.165) is 17.6 Å². The van der Waals surface area contributed by atoms with E-state index >= 15 is 0 Å². The Kier molecular flexibility index (Phi) is 3.14. The van der Waals surface area contributed by atoms with Gasteiger partial charge in [0.2, 0.25) is 0 Å². The van der Waals surface area contributed by atoms with E-state index in [0.29, 0.717) is 11.3 Å². The standard InChI is InChI=1S/C6H5N5O4S3/c7-6-3(11(12)13)1-5(16-6)18(14,15)9-4-2-8-10-17-4/h1-2,9H,7H2. The number of nitrogens with one attached hydrogen (secondary N) is 1. The molecule has 0 saturated heterocycles. The van der Waals surface area contributed by atoms with Crippen LogP contribution >= 0.6 is 22.9 Å². The molecule has 0 spiro atoms. The first-order valence-corrected chi connectivity index (χ1v) is 7.31. The van der Waals surface area contributed by atoms with Crippen molar-refractivity contribution in [3.05, 3.63) is 22.4 Å². The Balaban J connectivity index is 2.36. The van der Waals surface area contributed by atoms with Crippen LogP contribution in [-0.4, -0.2) is 22.9 Å². The van der Waals surface area contributed by atoms with Crippen molar-refractivity contribution >= 4 is 48.6 Å². The van der Waals surface area contributed by atoms with Crippen molar-refractivity contribution in [3.63, 3.8) is 0 Å². The Morgan fingerprint density at radius 1 is 1.50 bits per heavy atom. The SMILES string of the molecule is Nc1sc(S(=O)(=O)Nc2cnns2)cc1[N+](=O)[O-]. The maximum Gasteiger partial charge on any atom is 0.304 e. The summed E-state index contributed by atoms with van der Waals surface area (Å²) >= 11 is 1.47. The molecule has 0 aliphatic rings. The van der Waals surface area contributed by atoms with E-state index in [4.69, 9.17) is 5.73 Å². The minimum atomic E-state index is -3.90. The van der Waals surface area contributed by atoms with Gasteiger partial charge in [0.15, 0.2) is 5.00 Å². The van der Waals surface area contributed by atoms with Crippen LogP contribution in [0.1, 0.15) is 0 Å². The topological polar surface area (TPSA) is 141 Å². The Morgan fingerprint density at radius 2 is 2.22 bits per heavy atom. The predicted molar refractivity (Wildman–Crippen MR) is 66.1 cm³/mol. The minimum absolute atomic E-state index is 0.164. The molecule has 0 saturated carbocycles. The van der Waals surface area contributed by atoms with Crippen molar-refractivity contribution in [3.8, 4) is 0 Å². The van der Waals surface area contributed by atoms with Gasteiger partial charge >= 0.3 is 5.69 Å². The fourth-order valence-corrected chi connectivity index (χ4v) is 3.94. The maximum atomic E-state index is 11.9. The van der Waals surface area contributed by atoms with Crippen LogP contribution in [0.3, 0.4) is 0 Å². The Morgan fingerprint density at radius 3 is 2.72 bits per heavy atom. The second-order valence-electron chi connectivity index (χ2n) is 2.96. The first-order chi connectivity index (χ1) is 8.40. The van der Waals surface area contributed by atoms with Gasteiger partial charge in [0.05, 0.1) is 11.1 Å². The van der Waals surface area contributed by atoms with Crippen LogP contribution in [0.15, 0.2) is 16.5 Å². The summed E-state index contributed by atoms with van der Waals surface area (Å²) in [5.74, 6) is 0. The van der Waals surface area contributed by atoms with E-state index in [-0.39, 0.29) is 14.2 Å². The number of sulfonamides is 1. The molecule has 0 aromatic carbocycles. The third-order valence-corrected chi connectivity index (χ3v) is 5.28. The normalized spacial score (nSPS) is 11.3. The zero-order valence-corrected chi connectivity index (χ0v) is 10.9. The van der Waals surface area contributed by atoms with E-state index in [9.17, 15) is 18.5 Å². The summed E-state index contributed by atoms with van der Waals surface area (Å²) in [5.41, 5.74) is 4.95. The molecule has 0 aliphatic carbocycles. The number of nitrogens with two attached hydrogens (primary N) is 1. The zero-order valence-electron chi connectivity index (χ0n) is 8.43. The lowest BCUT2D eigenvalue weighted by atomic mass is 10.5. The van der Waals surface area contributed by atoms with Gasteiger partial charge in [0.1, 0.15) is 9.21 Å². The van der Waals surface area contributed by atoms with Crippen LogP contribution in [0.4, 0.5) is 15.7 Å². The first kappa shape index (κ1) is 12.7. The highest BCUT2D eigenvalue weighted by molar-refractivity contribution is 7.95. The van der Waals surface area contributed by atoms with E-state index in [1.807, 2.05) is 0 Å². The number of aromatic nitrogens is 2. The lowest BCUT2D eigenvalue weighted by Crippen LogP contribution is -2.10. The summed E-state index contributed by atoms with van der Waals surface area (Å²) in [6.07, 6.45) is 1.23. The molecule has 3 N–H and O–H groups in total. The number of nitro groups is 1.